The van der Waals surface area contributed by atoms with Gasteiger partial charge in [0.25, 0.3) is 5.91 Å². The summed E-state index contributed by atoms with van der Waals surface area (Å²) in [4.78, 5) is 12.5. The van der Waals surface area contributed by atoms with E-state index in [1.54, 1.807) is 36.4 Å². The van der Waals surface area contributed by atoms with Gasteiger partial charge in [-0.2, -0.15) is 0 Å². The Bertz CT molecular complexity index is 795. The molecule has 0 saturated carbocycles. The molecule has 1 unspecified atom stereocenters. The van der Waals surface area contributed by atoms with Crippen LogP contribution < -0.4 is 15.4 Å². The van der Waals surface area contributed by atoms with Crippen molar-refractivity contribution >= 4 is 11.6 Å². The summed E-state index contributed by atoms with van der Waals surface area (Å²) in [5.41, 5.74) is 1.17. The summed E-state index contributed by atoms with van der Waals surface area (Å²) in [5.74, 6) is 0.268. The zero-order valence-corrected chi connectivity index (χ0v) is 17.1. The van der Waals surface area contributed by atoms with E-state index in [2.05, 4.69) is 10.6 Å². The Labute approximate surface area is 166 Å². The minimum Gasteiger partial charge on any atom is -0.506 e. The molecule has 1 amide bonds. The lowest BCUT2D eigenvalue weighted by Crippen LogP contribution is -2.38. The Morgan fingerprint density at radius 3 is 2.32 bits per heavy atom. The number of phenols is 1. The summed E-state index contributed by atoms with van der Waals surface area (Å²) >= 11 is 0. The van der Waals surface area contributed by atoms with Gasteiger partial charge >= 0.3 is 0 Å². The quantitative estimate of drug-likeness (QED) is 0.543. The number of ether oxygens (including phenoxy) is 1. The zero-order chi connectivity index (χ0) is 20.9. The fraction of sp³-hybridized carbons (Fsp3) is 0.409. The molecule has 6 nitrogen and oxygen atoms in total. The molecular formula is C22H30N2O4. The zero-order valence-electron chi connectivity index (χ0n) is 17.1. The Hall–Kier alpha value is -2.57. The molecule has 0 saturated heterocycles. The maximum atomic E-state index is 12.5. The molecule has 152 valence electrons. The highest BCUT2D eigenvalue weighted by Crippen LogP contribution is 2.28. The van der Waals surface area contributed by atoms with Crippen LogP contribution in [0.3, 0.4) is 0 Å². The van der Waals surface area contributed by atoms with Crippen LogP contribution in [0.2, 0.25) is 0 Å². The number of phenolic OH excluding ortho intramolecular Hbond substituents is 1. The second kappa shape index (κ2) is 9.08. The first-order valence-electron chi connectivity index (χ1n) is 9.39. The van der Waals surface area contributed by atoms with E-state index >= 15 is 0 Å². The van der Waals surface area contributed by atoms with Crippen molar-refractivity contribution in [3.05, 3.63) is 53.6 Å². The number of hydrogen-bond donors (Lipinski definition) is 4. The first kappa shape index (κ1) is 21.7. The number of aliphatic hydroxyl groups excluding tert-OH is 1. The van der Waals surface area contributed by atoms with Crippen molar-refractivity contribution in [3.63, 3.8) is 0 Å². The van der Waals surface area contributed by atoms with E-state index in [1.807, 2.05) is 34.6 Å². The van der Waals surface area contributed by atoms with Crippen LogP contribution in [0.15, 0.2) is 42.5 Å². The minimum absolute atomic E-state index is 0.0542. The summed E-state index contributed by atoms with van der Waals surface area (Å²) < 4.78 is 5.57. The summed E-state index contributed by atoms with van der Waals surface area (Å²) in [5, 5.41) is 26.4. The molecule has 0 spiro atoms. The van der Waals surface area contributed by atoms with Crippen LogP contribution in [-0.4, -0.2) is 34.3 Å². The molecule has 1 atom stereocenters. The highest BCUT2D eigenvalue weighted by Gasteiger charge is 2.16. The fourth-order valence-electron chi connectivity index (χ4n) is 2.53. The van der Waals surface area contributed by atoms with Gasteiger partial charge in [0.2, 0.25) is 0 Å². The molecule has 0 aromatic heterocycles. The molecule has 2 aromatic carbocycles. The molecule has 0 fully saturated rings. The van der Waals surface area contributed by atoms with Gasteiger partial charge in [0, 0.05) is 17.6 Å². The average Bonchev–Trinajstić information content (AvgIpc) is 2.61. The normalized spacial score (nSPS) is 12.7. The number of β-amino-alcohol motifs (C(OH)–C–C–N with tert-alkyl or cyclic N) is 1. The largest absolute Gasteiger partial charge is 0.506 e. The molecule has 2 rings (SSSR count). The monoisotopic (exact) mass is 386 g/mol. The Morgan fingerprint density at radius 2 is 1.75 bits per heavy atom. The molecule has 0 heterocycles. The molecular weight excluding hydrogens is 356 g/mol. The predicted octanol–water partition coefficient (Wildman–Crippen LogP) is 3.85. The second-order valence-corrected chi connectivity index (χ2v) is 8.07. The predicted molar refractivity (Wildman–Crippen MR) is 111 cm³/mol. The summed E-state index contributed by atoms with van der Waals surface area (Å²) in [6, 6.07) is 11.5. The van der Waals surface area contributed by atoms with Gasteiger partial charge in [0.15, 0.2) is 0 Å². The maximum absolute atomic E-state index is 12.5. The fourth-order valence-corrected chi connectivity index (χ4v) is 2.53. The summed E-state index contributed by atoms with van der Waals surface area (Å²) in [6.07, 6.45) is -0.707. The lowest BCUT2D eigenvalue weighted by Gasteiger charge is -2.23. The number of anilines is 1. The average molecular weight is 386 g/mol. The molecule has 4 N–H and O–H groups in total. The Kier molecular flexibility index (Phi) is 7.05. The SMILES string of the molecule is CC(C)Oc1ccc(C(=O)Nc2cc(C(O)CNC(C)(C)C)ccc2O)cc1. The van der Waals surface area contributed by atoms with Crippen molar-refractivity contribution < 1.29 is 19.7 Å². The number of carbonyl (C=O) groups excluding carboxylic acids is 1. The van der Waals surface area contributed by atoms with Crippen LogP contribution in [0.25, 0.3) is 0 Å². The summed E-state index contributed by atoms with van der Waals surface area (Å²) in [6.45, 7) is 10.3. The van der Waals surface area contributed by atoms with Crippen molar-refractivity contribution in [1.29, 1.82) is 0 Å². The Morgan fingerprint density at radius 1 is 1.11 bits per heavy atom. The summed E-state index contributed by atoms with van der Waals surface area (Å²) in [7, 11) is 0. The number of nitrogens with one attached hydrogen (secondary N) is 2. The van der Waals surface area contributed by atoms with Crippen molar-refractivity contribution in [3.8, 4) is 11.5 Å². The number of aromatic hydroxyl groups is 1. The van der Waals surface area contributed by atoms with E-state index < -0.39 is 6.10 Å². The van der Waals surface area contributed by atoms with Gasteiger partial charge in [-0.15, -0.1) is 0 Å². The van der Waals surface area contributed by atoms with Gasteiger partial charge in [-0.3, -0.25) is 4.79 Å². The van der Waals surface area contributed by atoms with Crippen LogP contribution in [0.5, 0.6) is 11.5 Å². The third-order valence-electron chi connectivity index (χ3n) is 3.97. The van der Waals surface area contributed by atoms with Gasteiger partial charge in [0.1, 0.15) is 11.5 Å². The minimum atomic E-state index is -0.761. The lowest BCUT2D eigenvalue weighted by molar-refractivity contribution is 0.102. The molecule has 0 aliphatic carbocycles. The van der Waals surface area contributed by atoms with E-state index in [4.69, 9.17) is 4.74 Å². The van der Waals surface area contributed by atoms with Gasteiger partial charge in [-0.25, -0.2) is 0 Å². The van der Waals surface area contributed by atoms with Gasteiger partial charge in [-0.05, 0) is 76.6 Å². The first-order valence-corrected chi connectivity index (χ1v) is 9.39. The van der Waals surface area contributed by atoms with Crippen LogP contribution in [0, 0.1) is 0 Å². The standard InChI is InChI=1S/C22H30N2O4/c1-14(2)28-17-9-6-15(7-10-17)21(27)24-18-12-16(8-11-19(18)25)20(26)13-23-22(3,4)5/h6-12,14,20,23,25-26H,13H2,1-5H3,(H,24,27). The number of amides is 1. The third-order valence-corrected chi connectivity index (χ3v) is 3.97. The van der Waals surface area contributed by atoms with Crippen molar-refractivity contribution in [2.75, 3.05) is 11.9 Å². The molecule has 0 bridgehead atoms. The maximum Gasteiger partial charge on any atom is 0.255 e. The van der Waals surface area contributed by atoms with E-state index in [-0.39, 0.29) is 29.0 Å². The van der Waals surface area contributed by atoms with Gasteiger partial charge in [0.05, 0.1) is 17.9 Å². The van der Waals surface area contributed by atoms with E-state index in [1.165, 1.54) is 6.07 Å². The third kappa shape index (κ3) is 6.55. The molecule has 0 aliphatic heterocycles. The van der Waals surface area contributed by atoms with E-state index in [9.17, 15) is 15.0 Å². The molecule has 0 aliphatic rings. The topological polar surface area (TPSA) is 90.8 Å². The smallest absolute Gasteiger partial charge is 0.255 e. The highest BCUT2D eigenvalue weighted by atomic mass is 16.5. The van der Waals surface area contributed by atoms with Crippen LogP contribution in [0.4, 0.5) is 5.69 Å². The molecule has 6 heteroatoms. The highest BCUT2D eigenvalue weighted by molar-refractivity contribution is 6.05. The van der Waals surface area contributed by atoms with Crippen LogP contribution in [0.1, 0.15) is 56.6 Å². The van der Waals surface area contributed by atoms with Crippen molar-refractivity contribution in [2.24, 2.45) is 0 Å². The van der Waals surface area contributed by atoms with Crippen molar-refractivity contribution in [2.45, 2.75) is 52.4 Å². The van der Waals surface area contributed by atoms with Gasteiger partial charge in [-0.1, -0.05) is 6.07 Å². The van der Waals surface area contributed by atoms with Crippen LogP contribution >= 0.6 is 0 Å². The number of hydrogen-bond acceptors (Lipinski definition) is 5. The van der Waals surface area contributed by atoms with Crippen LogP contribution in [-0.2, 0) is 0 Å². The first-order chi connectivity index (χ1) is 13.0. The molecule has 0 radical (unpaired) electrons. The van der Waals surface area contributed by atoms with E-state index in [0.29, 0.717) is 23.4 Å². The molecule has 28 heavy (non-hydrogen) atoms. The van der Waals surface area contributed by atoms with Gasteiger partial charge < -0.3 is 25.6 Å². The lowest BCUT2D eigenvalue weighted by atomic mass is 10.0. The second-order valence-electron chi connectivity index (χ2n) is 8.07. The number of benzene rings is 2. The Balaban J connectivity index is 2.09. The van der Waals surface area contributed by atoms with E-state index in [0.717, 1.165) is 0 Å². The van der Waals surface area contributed by atoms with Crippen molar-refractivity contribution in [1.82, 2.24) is 5.32 Å². The molecule has 2 aromatic rings. The number of aliphatic hydroxyl groups is 1. The number of carbonyl (C=O) groups is 1. The number of rotatable bonds is 7.